The van der Waals surface area contributed by atoms with Crippen LogP contribution in [0.25, 0.3) is 0 Å². The first kappa shape index (κ1) is 16.1. The first-order chi connectivity index (χ1) is 10.6. The van der Waals surface area contributed by atoms with Crippen LogP contribution in [0.4, 0.5) is 0 Å². The van der Waals surface area contributed by atoms with Gasteiger partial charge in [0, 0.05) is 19.7 Å². The molecule has 0 fully saturated rings. The lowest BCUT2D eigenvalue weighted by Gasteiger charge is -2.23. The molecule has 2 aromatic rings. The highest BCUT2D eigenvalue weighted by Crippen LogP contribution is 2.22. The van der Waals surface area contributed by atoms with Crippen LogP contribution in [0.3, 0.4) is 0 Å². The lowest BCUT2D eigenvalue weighted by atomic mass is 10.1. The number of rotatable bonds is 7. The molecule has 1 amide bonds. The molecular weight excluding hydrogens is 282 g/mol. The van der Waals surface area contributed by atoms with E-state index < -0.39 is 0 Å². The third-order valence-corrected chi connectivity index (χ3v) is 3.51. The van der Waals surface area contributed by atoms with E-state index >= 15 is 0 Å². The van der Waals surface area contributed by atoms with Gasteiger partial charge in [-0.05, 0) is 43.3 Å². The molecule has 5 nitrogen and oxygen atoms in total. The van der Waals surface area contributed by atoms with Crippen molar-refractivity contribution in [1.29, 1.82) is 0 Å². The molecule has 0 bridgehead atoms. The fourth-order valence-electron chi connectivity index (χ4n) is 2.04. The van der Waals surface area contributed by atoms with E-state index in [4.69, 9.17) is 13.9 Å². The van der Waals surface area contributed by atoms with Crippen LogP contribution in [0, 0.1) is 0 Å². The first-order valence-electron chi connectivity index (χ1n) is 7.16. The predicted octanol–water partition coefficient (Wildman–Crippen LogP) is 3.14. The zero-order valence-electron chi connectivity index (χ0n) is 13.1. The summed E-state index contributed by atoms with van der Waals surface area (Å²) in [5.41, 5.74) is 0.611. The Bertz CT molecular complexity index is 577. The number of furan rings is 1. The zero-order chi connectivity index (χ0) is 15.9. The molecule has 5 heteroatoms. The molecule has 0 unspecified atom stereocenters. The lowest BCUT2D eigenvalue weighted by molar-refractivity contribution is 0.0726. The predicted molar refractivity (Wildman–Crippen MR) is 83.0 cm³/mol. The summed E-state index contributed by atoms with van der Waals surface area (Å²) in [5.74, 6) is 1.41. The van der Waals surface area contributed by atoms with E-state index in [1.165, 1.54) is 0 Å². The van der Waals surface area contributed by atoms with Crippen LogP contribution in [-0.4, -0.2) is 38.2 Å². The van der Waals surface area contributed by atoms with Gasteiger partial charge in [-0.3, -0.25) is 4.79 Å². The smallest absolute Gasteiger partial charge is 0.254 e. The summed E-state index contributed by atoms with van der Waals surface area (Å²) in [6, 6.07) is 10.6. The van der Waals surface area contributed by atoms with Crippen LogP contribution in [0.1, 0.15) is 29.1 Å². The van der Waals surface area contributed by atoms with Crippen molar-refractivity contribution in [2.75, 3.05) is 27.4 Å². The highest BCUT2D eigenvalue weighted by Gasteiger charge is 2.20. The van der Waals surface area contributed by atoms with E-state index in [0.717, 1.165) is 11.5 Å². The Labute approximate surface area is 130 Å². The van der Waals surface area contributed by atoms with Gasteiger partial charge >= 0.3 is 0 Å². The molecule has 0 spiro atoms. The fraction of sp³-hybridized carbons (Fsp3) is 0.353. The normalized spacial score (nSPS) is 12.0. The maximum atomic E-state index is 12.5. The molecular formula is C17H21NO4. The Morgan fingerprint density at radius 3 is 2.55 bits per heavy atom. The monoisotopic (exact) mass is 303 g/mol. The molecule has 118 valence electrons. The summed E-state index contributed by atoms with van der Waals surface area (Å²) < 4.78 is 15.8. The average molecular weight is 303 g/mol. The van der Waals surface area contributed by atoms with E-state index in [1.54, 1.807) is 49.6 Å². The fourth-order valence-corrected chi connectivity index (χ4v) is 2.04. The Morgan fingerprint density at radius 1 is 1.23 bits per heavy atom. The molecule has 0 aliphatic heterocycles. The van der Waals surface area contributed by atoms with Gasteiger partial charge in [0.25, 0.3) is 5.91 Å². The number of amides is 1. The highest BCUT2D eigenvalue weighted by molar-refractivity contribution is 5.94. The largest absolute Gasteiger partial charge is 0.491 e. The maximum absolute atomic E-state index is 12.5. The lowest BCUT2D eigenvalue weighted by Crippen LogP contribution is -2.29. The molecule has 1 atom stereocenters. The number of hydrogen-bond donors (Lipinski definition) is 0. The molecule has 1 aromatic carbocycles. The van der Waals surface area contributed by atoms with Crippen LogP contribution in [0.15, 0.2) is 47.1 Å². The number of carbonyl (C=O) groups is 1. The quantitative estimate of drug-likeness (QED) is 0.737. The van der Waals surface area contributed by atoms with Gasteiger partial charge < -0.3 is 18.8 Å². The van der Waals surface area contributed by atoms with Gasteiger partial charge in [0.15, 0.2) is 0 Å². The summed E-state index contributed by atoms with van der Waals surface area (Å²) in [4.78, 5) is 14.1. The van der Waals surface area contributed by atoms with Crippen molar-refractivity contribution in [1.82, 2.24) is 4.90 Å². The molecule has 2 rings (SSSR count). The van der Waals surface area contributed by atoms with Crippen molar-refractivity contribution in [3.63, 3.8) is 0 Å². The van der Waals surface area contributed by atoms with Crippen LogP contribution >= 0.6 is 0 Å². The maximum Gasteiger partial charge on any atom is 0.254 e. The van der Waals surface area contributed by atoms with Gasteiger partial charge in [0.05, 0.1) is 18.9 Å². The molecule has 0 aliphatic carbocycles. The zero-order valence-corrected chi connectivity index (χ0v) is 13.1. The number of carbonyl (C=O) groups excluding carboxylic acids is 1. The van der Waals surface area contributed by atoms with Crippen LogP contribution in [0.5, 0.6) is 5.75 Å². The van der Waals surface area contributed by atoms with E-state index in [1.807, 2.05) is 19.1 Å². The summed E-state index contributed by atoms with van der Waals surface area (Å²) in [7, 11) is 3.39. The van der Waals surface area contributed by atoms with Crippen molar-refractivity contribution in [2.24, 2.45) is 0 Å². The minimum Gasteiger partial charge on any atom is -0.491 e. The van der Waals surface area contributed by atoms with E-state index in [-0.39, 0.29) is 11.9 Å². The molecule has 0 aliphatic rings. The van der Waals surface area contributed by atoms with E-state index in [0.29, 0.717) is 18.8 Å². The summed E-state index contributed by atoms with van der Waals surface area (Å²) in [5, 5.41) is 0. The Hall–Kier alpha value is -2.27. The van der Waals surface area contributed by atoms with Gasteiger partial charge in [0.1, 0.15) is 18.1 Å². The molecule has 0 saturated heterocycles. The van der Waals surface area contributed by atoms with Gasteiger partial charge in [0.2, 0.25) is 0 Å². The molecule has 0 N–H and O–H groups in total. The molecule has 1 aromatic heterocycles. The minimum absolute atomic E-state index is 0.0626. The van der Waals surface area contributed by atoms with Crippen LogP contribution < -0.4 is 4.74 Å². The number of benzene rings is 1. The van der Waals surface area contributed by atoms with Crippen molar-refractivity contribution >= 4 is 5.91 Å². The number of ether oxygens (including phenoxy) is 2. The van der Waals surface area contributed by atoms with Crippen LogP contribution in [-0.2, 0) is 4.74 Å². The highest BCUT2D eigenvalue weighted by atomic mass is 16.5. The van der Waals surface area contributed by atoms with Gasteiger partial charge in [-0.25, -0.2) is 0 Å². The Balaban J connectivity index is 1.99. The second kappa shape index (κ2) is 7.66. The van der Waals surface area contributed by atoms with Gasteiger partial charge in [-0.1, -0.05) is 0 Å². The van der Waals surface area contributed by atoms with Crippen molar-refractivity contribution in [2.45, 2.75) is 13.0 Å². The van der Waals surface area contributed by atoms with Crippen molar-refractivity contribution in [3.8, 4) is 5.75 Å². The molecule has 1 heterocycles. The van der Waals surface area contributed by atoms with Gasteiger partial charge in [-0.15, -0.1) is 0 Å². The Kier molecular flexibility index (Phi) is 5.61. The van der Waals surface area contributed by atoms with Crippen molar-refractivity contribution < 1.29 is 18.7 Å². The molecule has 0 radical (unpaired) electrons. The average Bonchev–Trinajstić information content (AvgIpc) is 3.08. The second-order valence-electron chi connectivity index (χ2n) is 4.97. The summed E-state index contributed by atoms with van der Waals surface area (Å²) in [6.07, 6.45) is 1.61. The number of hydrogen-bond acceptors (Lipinski definition) is 4. The van der Waals surface area contributed by atoms with Crippen molar-refractivity contribution in [3.05, 3.63) is 54.0 Å². The van der Waals surface area contributed by atoms with Crippen LogP contribution in [0.2, 0.25) is 0 Å². The molecule has 22 heavy (non-hydrogen) atoms. The Morgan fingerprint density at radius 2 is 1.95 bits per heavy atom. The van der Waals surface area contributed by atoms with E-state index in [9.17, 15) is 4.79 Å². The summed E-state index contributed by atoms with van der Waals surface area (Å²) in [6.45, 7) is 2.95. The van der Waals surface area contributed by atoms with Gasteiger partial charge in [-0.2, -0.15) is 0 Å². The number of methoxy groups -OCH3 is 1. The second-order valence-corrected chi connectivity index (χ2v) is 4.97. The number of nitrogens with zero attached hydrogens (tertiary/aromatic N) is 1. The minimum atomic E-state index is -0.125. The molecule has 0 saturated carbocycles. The first-order valence-corrected chi connectivity index (χ1v) is 7.16. The standard InChI is InChI=1S/C17H21NO4/c1-13(16-5-4-10-22-16)18(2)17(19)14-6-8-15(9-7-14)21-12-11-20-3/h4-10,13H,11-12H2,1-3H3/t13-/m1/s1. The third kappa shape index (κ3) is 3.89. The summed E-state index contributed by atoms with van der Waals surface area (Å²) >= 11 is 0. The third-order valence-electron chi connectivity index (χ3n) is 3.51. The topological polar surface area (TPSA) is 51.9 Å². The SMILES string of the molecule is COCCOc1ccc(C(=O)N(C)[C@H](C)c2ccco2)cc1. The van der Waals surface area contributed by atoms with E-state index in [2.05, 4.69) is 0 Å².